The fourth-order valence-corrected chi connectivity index (χ4v) is 2.60. The topological polar surface area (TPSA) is 51.1 Å². The van der Waals surface area contributed by atoms with Crippen LogP contribution in [0.3, 0.4) is 0 Å². The summed E-state index contributed by atoms with van der Waals surface area (Å²) in [6.45, 7) is 2.37. The van der Waals surface area contributed by atoms with E-state index in [9.17, 15) is 9.59 Å². The summed E-state index contributed by atoms with van der Waals surface area (Å²) >= 11 is 0. The van der Waals surface area contributed by atoms with Gasteiger partial charge in [-0.15, -0.1) is 0 Å². The van der Waals surface area contributed by atoms with E-state index in [-0.39, 0.29) is 11.5 Å². The lowest BCUT2D eigenvalue weighted by Crippen LogP contribution is -2.30. The standard InChI is InChI=1S/C19H18N2O2/c1-13-8-9-15-11-17(21(2)19(23)16(15)10-13)18(22)20-12-14-6-4-3-5-7-14/h3-11H,12H2,1-2H3,(H,20,22). The van der Waals surface area contributed by atoms with Gasteiger partial charge in [0, 0.05) is 19.0 Å². The van der Waals surface area contributed by atoms with Gasteiger partial charge in [0.25, 0.3) is 11.5 Å². The van der Waals surface area contributed by atoms with E-state index < -0.39 is 0 Å². The van der Waals surface area contributed by atoms with Gasteiger partial charge in [-0.2, -0.15) is 0 Å². The van der Waals surface area contributed by atoms with Crippen molar-refractivity contribution in [3.05, 3.63) is 81.8 Å². The summed E-state index contributed by atoms with van der Waals surface area (Å²) < 4.78 is 1.40. The zero-order valence-electron chi connectivity index (χ0n) is 13.2. The lowest BCUT2D eigenvalue weighted by Gasteiger charge is -2.11. The lowest BCUT2D eigenvalue weighted by atomic mass is 10.1. The Bertz CT molecular complexity index is 927. The van der Waals surface area contributed by atoms with E-state index in [1.54, 1.807) is 13.1 Å². The molecule has 1 amide bonds. The number of benzene rings is 2. The summed E-state index contributed by atoms with van der Waals surface area (Å²) in [4.78, 5) is 24.9. The highest BCUT2D eigenvalue weighted by Gasteiger charge is 2.13. The Morgan fingerprint density at radius 3 is 2.57 bits per heavy atom. The van der Waals surface area contributed by atoms with Gasteiger partial charge in [0.05, 0.1) is 0 Å². The van der Waals surface area contributed by atoms with Crippen LogP contribution in [-0.2, 0) is 13.6 Å². The Balaban J connectivity index is 1.93. The first-order chi connectivity index (χ1) is 11.1. The molecule has 1 N–H and O–H groups in total. The average Bonchev–Trinajstić information content (AvgIpc) is 2.57. The molecule has 0 saturated carbocycles. The van der Waals surface area contributed by atoms with Crippen LogP contribution in [0.4, 0.5) is 0 Å². The van der Waals surface area contributed by atoms with E-state index in [1.807, 2.05) is 55.5 Å². The van der Waals surface area contributed by atoms with Crippen molar-refractivity contribution < 1.29 is 4.79 Å². The molecule has 0 radical (unpaired) electrons. The number of carbonyl (C=O) groups excluding carboxylic acids is 1. The molecule has 0 fully saturated rings. The van der Waals surface area contributed by atoms with Crippen LogP contribution in [-0.4, -0.2) is 10.5 Å². The highest BCUT2D eigenvalue weighted by molar-refractivity contribution is 5.96. The van der Waals surface area contributed by atoms with Crippen molar-refractivity contribution in [2.24, 2.45) is 7.05 Å². The molecule has 0 bridgehead atoms. The lowest BCUT2D eigenvalue weighted by molar-refractivity contribution is 0.0942. The largest absolute Gasteiger partial charge is 0.347 e. The van der Waals surface area contributed by atoms with Crippen molar-refractivity contribution in [3.63, 3.8) is 0 Å². The molecule has 23 heavy (non-hydrogen) atoms. The maximum absolute atomic E-state index is 12.5. The molecule has 3 aromatic rings. The van der Waals surface area contributed by atoms with Gasteiger partial charge in [-0.1, -0.05) is 48.0 Å². The second kappa shape index (κ2) is 6.08. The van der Waals surface area contributed by atoms with E-state index in [4.69, 9.17) is 0 Å². The fourth-order valence-electron chi connectivity index (χ4n) is 2.60. The molecule has 0 aliphatic heterocycles. The van der Waals surface area contributed by atoms with Gasteiger partial charge in [-0.05, 0) is 30.0 Å². The van der Waals surface area contributed by atoms with Gasteiger partial charge in [0.1, 0.15) is 5.69 Å². The van der Waals surface area contributed by atoms with Crippen molar-refractivity contribution in [2.75, 3.05) is 0 Å². The average molecular weight is 306 g/mol. The summed E-state index contributed by atoms with van der Waals surface area (Å²) in [6, 6.07) is 17.1. The summed E-state index contributed by atoms with van der Waals surface area (Å²) in [5.74, 6) is -0.254. The molecule has 3 rings (SSSR count). The molecular weight excluding hydrogens is 288 g/mol. The van der Waals surface area contributed by atoms with Crippen molar-refractivity contribution in [2.45, 2.75) is 13.5 Å². The zero-order valence-corrected chi connectivity index (χ0v) is 13.2. The third kappa shape index (κ3) is 3.01. The van der Waals surface area contributed by atoms with E-state index in [0.29, 0.717) is 17.6 Å². The molecule has 0 aliphatic carbocycles. The number of hydrogen-bond donors (Lipinski definition) is 1. The van der Waals surface area contributed by atoms with Gasteiger partial charge in [0.2, 0.25) is 0 Å². The van der Waals surface area contributed by atoms with Gasteiger partial charge in [-0.25, -0.2) is 0 Å². The number of carbonyl (C=O) groups is 1. The van der Waals surface area contributed by atoms with Crippen LogP contribution < -0.4 is 10.9 Å². The smallest absolute Gasteiger partial charge is 0.268 e. The van der Waals surface area contributed by atoms with Gasteiger partial charge >= 0.3 is 0 Å². The second-order valence-electron chi connectivity index (χ2n) is 5.65. The minimum atomic E-state index is -0.254. The highest BCUT2D eigenvalue weighted by Crippen LogP contribution is 2.14. The molecule has 4 heteroatoms. The molecule has 1 heterocycles. The number of fused-ring (bicyclic) bond motifs is 1. The monoisotopic (exact) mass is 306 g/mol. The van der Waals surface area contributed by atoms with E-state index in [2.05, 4.69) is 5.32 Å². The molecule has 0 saturated heterocycles. The van der Waals surface area contributed by atoms with E-state index >= 15 is 0 Å². The summed E-state index contributed by atoms with van der Waals surface area (Å²) in [5.41, 5.74) is 2.25. The van der Waals surface area contributed by atoms with Crippen molar-refractivity contribution in [3.8, 4) is 0 Å². The number of hydrogen-bond acceptors (Lipinski definition) is 2. The maximum Gasteiger partial charge on any atom is 0.268 e. The normalized spacial score (nSPS) is 10.7. The Morgan fingerprint density at radius 2 is 1.83 bits per heavy atom. The minimum Gasteiger partial charge on any atom is -0.347 e. The molecule has 0 spiro atoms. The molecule has 0 unspecified atom stereocenters. The van der Waals surface area contributed by atoms with Crippen LogP contribution >= 0.6 is 0 Å². The Kier molecular flexibility index (Phi) is 3.98. The maximum atomic E-state index is 12.5. The van der Waals surface area contributed by atoms with Gasteiger partial charge in [0.15, 0.2) is 0 Å². The van der Waals surface area contributed by atoms with Crippen LogP contribution in [0.1, 0.15) is 21.6 Å². The Labute approximate surface area is 134 Å². The fraction of sp³-hybridized carbons (Fsp3) is 0.158. The molecule has 1 aromatic heterocycles. The van der Waals surface area contributed by atoms with Crippen molar-refractivity contribution in [1.29, 1.82) is 0 Å². The Morgan fingerprint density at radius 1 is 1.09 bits per heavy atom. The molecule has 116 valence electrons. The number of aromatic nitrogens is 1. The summed E-state index contributed by atoms with van der Waals surface area (Å²) in [7, 11) is 1.63. The van der Waals surface area contributed by atoms with Crippen LogP contribution in [0, 0.1) is 6.92 Å². The molecule has 0 aliphatic rings. The van der Waals surface area contributed by atoms with Crippen LogP contribution in [0.2, 0.25) is 0 Å². The summed E-state index contributed by atoms with van der Waals surface area (Å²) in [5, 5.41) is 4.27. The number of pyridine rings is 1. The number of aryl methyl sites for hydroxylation is 1. The third-order valence-electron chi connectivity index (χ3n) is 3.93. The first-order valence-corrected chi connectivity index (χ1v) is 7.49. The summed E-state index contributed by atoms with van der Waals surface area (Å²) in [6.07, 6.45) is 0. The zero-order chi connectivity index (χ0) is 16.4. The predicted molar refractivity (Wildman–Crippen MR) is 91.5 cm³/mol. The van der Waals surface area contributed by atoms with Gasteiger partial charge in [-0.3, -0.25) is 9.59 Å². The number of nitrogens with one attached hydrogen (secondary N) is 1. The van der Waals surface area contributed by atoms with Crippen LogP contribution in [0.15, 0.2) is 59.4 Å². The highest BCUT2D eigenvalue weighted by atomic mass is 16.2. The Hall–Kier alpha value is -2.88. The second-order valence-corrected chi connectivity index (χ2v) is 5.65. The van der Waals surface area contributed by atoms with Crippen molar-refractivity contribution in [1.82, 2.24) is 9.88 Å². The number of rotatable bonds is 3. The molecule has 4 nitrogen and oxygen atoms in total. The SMILES string of the molecule is Cc1ccc2cc(C(=O)NCc3ccccc3)n(C)c(=O)c2c1. The van der Waals surface area contributed by atoms with E-state index in [1.165, 1.54) is 4.57 Å². The minimum absolute atomic E-state index is 0.156. The third-order valence-corrected chi connectivity index (χ3v) is 3.93. The van der Waals surface area contributed by atoms with E-state index in [0.717, 1.165) is 16.5 Å². The molecule has 2 aromatic carbocycles. The number of amides is 1. The van der Waals surface area contributed by atoms with Crippen LogP contribution in [0.25, 0.3) is 10.8 Å². The molecular formula is C19H18N2O2. The first-order valence-electron chi connectivity index (χ1n) is 7.49. The van der Waals surface area contributed by atoms with Crippen molar-refractivity contribution >= 4 is 16.7 Å². The number of nitrogens with zero attached hydrogens (tertiary/aromatic N) is 1. The quantitative estimate of drug-likeness (QED) is 0.809. The van der Waals surface area contributed by atoms with Gasteiger partial charge < -0.3 is 9.88 Å². The molecule has 0 atom stereocenters. The van der Waals surface area contributed by atoms with Crippen LogP contribution in [0.5, 0.6) is 0 Å². The first kappa shape index (κ1) is 15.0. The predicted octanol–water partition coefficient (Wildman–Crippen LogP) is 2.78.